The van der Waals surface area contributed by atoms with E-state index in [0.717, 1.165) is 28.8 Å². The first-order valence-electron chi connectivity index (χ1n) is 7.82. The van der Waals surface area contributed by atoms with Crippen LogP contribution in [0.15, 0.2) is 36.4 Å². The van der Waals surface area contributed by atoms with E-state index in [1.54, 1.807) is 12.1 Å². The van der Waals surface area contributed by atoms with E-state index in [9.17, 15) is 9.59 Å². The predicted octanol–water partition coefficient (Wildman–Crippen LogP) is 3.78. The average molecular weight is 355 g/mol. The minimum absolute atomic E-state index is 0.105. The summed E-state index contributed by atoms with van der Waals surface area (Å²) < 4.78 is 0. The number of rotatable bonds is 5. The number of carbonyl (C=O) groups is 2. The number of aromatic nitrogens is 1. The van der Waals surface area contributed by atoms with Crippen molar-refractivity contribution in [3.05, 3.63) is 52.5 Å². The van der Waals surface area contributed by atoms with E-state index in [4.69, 9.17) is 10.8 Å². The van der Waals surface area contributed by atoms with E-state index in [2.05, 4.69) is 17.2 Å². The Morgan fingerprint density at radius 3 is 2.80 bits per heavy atom. The fourth-order valence-corrected chi connectivity index (χ4v) is 3.53. The van der Waals surface area contributed by atoms with Crippen molar-refractivity contribution in [2.24, 2.45) is 0 Å². The molecule has 0 unspecified atom stereocenters. The number of anilines is 2. The lowest BCUT2D eigenvalue weighted by Gasteiger charge is -2.05. The van der Waals surface area contributed by atoms with E-state index in [1.807, 2.05) is 12.1 Å². The Balaban J connectivity index is 1.90. The van der Waals surface area contributed by atoms with Crippen molar-refractivity contribution in [1.29, 1.82) is 0 Å². The first kappa shape index (κ1) is 16.9. The van der Waals surface area contributed by atoms with Gasteiger partial charge in [0, 0.05) is 16.8 Å². The van der Waals surface area contributed by atoms with Gasteiger partial charge in [0.1, 0.15) is 9.71 Å². The Hall–Kier alpha value is -2.93. The summed E-state index contributed by atoms with van der Waals surface area (Å²) in [5.74, 6) is -1.43. The number of nitrogens with zero attached hydrogens (tertiary/aromatic N) is 1. The molecular weight excluding hydrogens is 338 g/mol. The summed E-state index contributed by atoms with van der Waals surface area (Å²) in [4.78, 5) is 29.2. The Bertz CT molecular complexity index is 965. The minimum Gasteiger partial charge on any atom is -0.478 e. The molecule has 25 heavy (non-hydrogen) atoms. The van der Waals surface area contributed by atoms with Gasteiger partial charge in [0.25, 0.3) is 5.91 Å². The normalized spacial score (nSPS) is 10.8. The van der Waals surface area contributed by atoms with Crippen LogP contribution in [0.1, 0.15) is 39.1 Å². The average Bonchev–Trinajstić information content (AvgIpc) is 2.92. The van der Waals surface area contributed by atoms with Gasteiger partial charge in [-0.25, -0.2) is 9.78 Å². The first-order valence-corrected chi connectivity index (χ1v) is 8.64. The zero-order valence-corrected chi connectivity index (χ0v) is 14.4. The molecular formula is C18H17N3O3S. The molecule has 0 aliphatic carbocycles. The number of carboxylic acids is 1. The smallest absolute Gasteiger partial charge is 0.335 e. The largest absolute Gasteiger partial charge is 0.478 e. The van der Waals surface area contributed by atoms with E-state index in [-0.39, 0.29) is 11.5 Å². The molecule has 7 heteroatoms. The lowest BCUT2D eigenvalue weighted by atomic mass is 10.2. The number of fused-ring (bicyclic) bond motifs is 1. The fraction of sp³-hybridized carbons (Fsp3) is 0.167. The van der Waals surface area contributed by atoms with Crippen molar-refractivity contribution in [2.75, 3.05) is 11.1 Å². The van der Waals surface area contributed by atoms with Crippen LogP contribution in [0.25, 0.3) is 10.2 Å². The standard InChI is InChI=1S/C18H17N3O3S/c1-2-4-11-7-8-13-14(19)15(25-17(13)21-11)16(22)20-12-6-3-5-10(9-12)18(23)24/h3,5-9H,2,4,19H2,1H3,(H,20,22)(H,23,24). The Labute approximate surface area is 148 Å². The van der Waals surface area contributed by atoms with Gasteiger partial charge in [-0.05, 0) is 36.8 Å². The molecule has 3 rings (SSSR count). The van der Waals surface area contributed by atoms with Gasteiger partial charge in [-0.2, -0.15) is 0 Å². The molecule has 0 spiro atoms. The third-order valence-electron chi connectivity index (χ3n) is 3.73. The molecule has 0 saturated heterocycles. The molecule has 0 aliphatic heterocycles. The van der Waals surface area contributed by atoms with Crippen LogP contribution < -0.4 is 11.1 Å². The predicted molar refractivity (Wildman–Crippen MR) is 99.4 cm³/mol. The highest BCUT2D eigenvalue weighted by atomic mass is 32.1. The Morgan fingerprint density at radius 2 is 2.08 bits per heavy atom. The number of pyridine rings is 1. The SMILES string of the molecule is CCCc1ccc2c(N)c(C(=O)Nc3cccc(C(=O)O)c3)sc2n1. The third-order valence-corrected chi connectivity index (χ3v) is 4.85. The number of amides is 1. The molecule has 6 nitrogen and oxygen atoms in total. The summed E-state index contributed by atoms with van der Waals surface area (Å²) in [6, 6.07) is 9.89. The lowest BCUT2D eigenvalue weighted by Crippen LogP contribution is -2.12. The molecule has 0 saturated carbocycles. The quantitative estimate of drug-likeness (QED) is 0.646. The zero-order chi connectivity index (χ0) is 18.0. The van der Waals surface area contributed by atoms with Gasteiger partial charge in [-0.3, -0.25) is 4.79 Å². The van der Waals surface area contributed by atoms with Crippen molar-refractivity contribution in [3.8, 4) is 0 Å². The van der Waals surface area contributed by atoms with E-state index < -0.39 is 5.97 Å². The van der Waals surface area contributed by atoms with Crippen molar-refractivity contribution in [2.45, 2.75) is 19.8 Å². The summed E-state index contributed by atoms with van der Waals surface area (Å²) in [6.45, 7) is 2.08. The van der Waals surface area contributed by atoms with Crippen LogP contribution in [0.4, 0.5) is 11.4 Å². The van der Waals surface area contributed by atoms with Gasteiger partial charge in [0.2, 0.25) is 0 Å². The van der Waals surface area contributed by atoms with Gasteiger partial charge in [-0.1, -0.05) is 19.4 Å². The van der Waals surface area contributed by atoms with E-state index in [1.165, 1.54) is 23.5 Å². The number of carboxylic acid groups (broad SMARTS) is 1. The second-order valence-electron chi connectivity index (χ2n) is 5.59. The minimum atomic E-state index is -1.05. The second-order valence-corrected chi connectivity index (χ2v) is 6.59. The van der Waals surface area contributed by atoms with E-state index >= 15 is 0 Å². The number of benzene rings is 1. The van der Waals surface area contributed by atoms with Crippen LogP contribution in [-0.4, -0.2) is 22.0 Å². The Morgan fingerprint density at radius 1 is 1.28 bits per heavy atom. The molecule has 0 aliphatic rings. The number of aryl methyl sites for hydroxylation is 1. The lowest BCUT2D eigenvalue weighted by molar-refractivity contribution is 0.0696. The van der Waals surface area contributed by atoms with Crippen molar-refractivity contribution in [1.82, 2.24) is 4.98 Å². The van der Waals surface area contributed by atoms with E-state index in [0.29, 0.717) is 16.3 Å². The second kappa shape index (κ2) is 6.90. The molecule has 2 heterocycles. The maximum Gasteiger partial charge on any atom is 0.335 e. The van der Waals surface area contributed by atoms with Crippen LogP contribution in [-0.2, 0) is 6.42 Å². The summed E-state index contributed by atoms with van der Waals surface area (Å²) in [7, 11) is 0. The number of aromatic carboxylic acids is 1. The van der Waals surface area contributed by atoms with Crippen LogP contribution in [0.2, 0.25) is 0 Å². The van der Waals surface area contributed by atoms with Crippen LogP contribution in [0, 0.1) is 0 Å². The maximum atomic E-state index is 12.5. The van der Waals surface area contributed by atoms with Crippen LogP contribution in [0.3, 0.4) is 0 Å². The number of carbonyl (C=O) groups excluding carboxylic acids is 1. The van der Waals surface area contributed by atoms with Gasteiger partial charge in [-0.15, -0.1) is 11.3 Å². The molecule has 0 radical (unpaired) electrons. The molecule has 2 aromatic heterocycles. The third kappa shape index (κ3) is 3.46. The summed E-state index contributed by atoms with van der Waals surface area (Å²) >= 11 is 1.24. The highest BCUT2D eigenvalue weighted by Crippen LogP contribution is 2.33. The van der Waals surface area contributed by atoms with Crippen molar-refractivity contribution in [3.63, 3.8) is 0 Å². The monoisotopic (exact) mass is 355 g/mol. The molecule has 4 N–H and O–H groups in total. The van der Waals surface area contributed by atoms with Gasteiger partial charge in [0.05, 0.1) is 11.3 Å². The summed E-state index contributed by atoms with van der Waals surface area (Å²) in [5, 5.41) is 12.5. The van der Waals surface area contributed by atoms with Crippen molar-refractivity contribution < 1.29 is 14.7 Å². The van der Waals surface area contributed by atoms with Gasteiger partial charge in [0.15, 0.2) is 0 Å². The number of nitrogens with one attached hydrogen (secondary N) is 1. The van der Waals surface area contributed by atoms with Crippen molar-refractivity contribution >= 4 is 44.8 Å². The topological polar surface area (TPSA) is 105 Å². The fourth-order valence-electron chi connectivity index (χ4n) is 2.52. The maximum absolute atomic E-state index is 12.5. The molecule has 0 atom stereocenters. The number of hydrogen-bond acceptors (Lipinski definition) is 5. The highest BCUT2D eigenvalue weighted by molar-refractivity contribution is 7.21. The molecule has 1 aromatic carbocycles. The first-order chi connectivity index (χ1) is 12.0. The molecule has 0 fully saturated rings. The molecule has 1 amide bonds. The number of hydrogen-bond donors (Lipinski definition) is 3. The molecule has 128 valence electrons. The summed E-state index contributed by atoms with van der Waals surface area (Å²) in [5.41, 5.74) is 7.98. The number of nitrogen functional groups attached to an aromatic ring is 1. The van der Waals surface area contributed by atoms with Crippen LogP contribution in [0.5, 0.6) is 0 Å². The van der Waals surface area contributed by atoms with Gasteiger partial charge >= 0.3 is 5.97 Å². The number of thiophene rings is 1. The zero-order valence-electron chi connectivity index (χ0n) is 13.6. The van der Waals surface area contributed by atoms with Crippen LogP contribution >= 0.6 is 11.3 Å². The van der Waals surface area contributed by atoms with Gasteiger partial charge < -0.3 is 16.2 Å². The molecule has 3 aromatic rings. The Kier molecular flexibility index (Phi) is 4.67. The summed E-state index contributed by atoms with van der Waals surface area (Å²) in [6.07, 6.45) is 1.86. The highest BCUT2D eigenvalue weighted by Gasteiger charge is 2.18. The molecule has 0 bridgehead atoms. The number of nitrogens with two attached hydrogens (primary N) is 1.